The van der Waals surface area contributed by atoms with Gasteiger partial charge in [-0.25, -0.2) is 8.42 Å². The third kappa shape index (κ3) is 4.37. The number of anilines is 2. The van der Waals surface area contributed by atoms with Gasteiger partial charge in [-0.1, -0.05) is 19.9 Å². The molecule has 0 aliphatic rings. The van der Waals surface area contributed by atoms with Crippen LogP contribution in [0.3, 0.4) is 0 Å². The largest absolute Gasteiger partial charge is 0.493 e. The van der Waals surface area contributed by atoms with Crippen molar-refractivity contribution in [1.29, 1.82) is 0 Å². The van der Waals surface area contributed by atoms with Crippen LogP contribution in [0.4, 0.5) is 11.4 Å². The first kappa shape index (κ1) is 15.7. The smallest absolute Gasteiger partial charge is 0.271 e. The van der Waals surface area contributed by atoms with E-state index in [0.29, 0.717) is 29.6 Å². The van der Waals surface area contributed by atoms with E-state index in [-0.39, 0.29) is 4.21 Å². The van der Waals surface area contributed by atoms with Crippen molar-refractivity contribution in [2.45, 2.75) is 18.1 Å². The summed E-state index contributed by atoms with van der Waals surface area (Å²) in [6.45, 7) is 4.68. The van der Waals surface area contributed by atoms with Crippen molar-refractivity contribution >= 4 is 32.7 Å². The van der Waals surface area contributed by atoms with Crippen LogP contribution in [-0.2, 0) is 10.0 Å². The van der Waals surface area contributed by atoms with Gasteiger partial charge in [0, 0.05) is 17.1 Å². The third-order valence-electron chi connectivity index (χ3n) is 2.53. The minimum atomic E-state index is -3.61. The molecule has 0 spiro atoms. The lowest BCUT2D eigenvalue weighted by Crippen LogP contribution is -2.11. The molecule has 1 aromatic heterocycles. The van der Waals surface area contributed by atoms with Gasteiger partial charge in [0.25, 0.3) is 10.0 Å². The van der Waals surface area contributed by atoms with Crippen molar-refractivity contribution in [1.82, 2.24) is 0 Å². The number of sulfonamides is 1. The van der Waals surface area contributed by atoms with Crippen LogP contribution in [0.2, 0.25) is 0 Å². The van der Waals surface area contributed by atoms with Gasteiger partial charge >= 0.3 is 0 Å². The van der Waals surface area contributed by atoms with Crippen molar-refractivity contribution in [2.75, 3.05) is 17.1 Å². The van der Waals surface area contributed by atoms with Gasteiger partial charge < -0.3 is 10.5 Å². The van der Waals surface area contributed by atoms with E-state index in [0.717, 1.165) is 11.3 Å². The number of nitrogens with one attached hydrogen (secondary N) is 1. The highest BCUT2D eigenvalue weighted by atomic mass is 32.2. The minimum Gasteiger partial charge on any atom is -0.493 e. The second kappa shape index (κ2) is 6.36. The fourth-order valence-electron chi connectivity index (χ4n) is 1.59. The topological polar surface area (TPSA) is 81.4 Å². The molecule has 0 saturated carbocycles. The number of nitrogen functional groups attached to an aromatic ring is 1. The molecule has 0 amide bonds. The molecule has 0 fully saturated rings. The Bertz CT molecular complexity index is 709. The molecule has 0 saturated heterocycles. The normalized spacial score (nSPS) is 11.6. The molecular formula is C14H18N2O3S2. The van der Waals surface area contributed by atoms with Crippen LogP contribution >= 0.6 is 11.3 Å². The van der Waals surface area contributed by atoms with Crippen molar-refractivity contribution in [3.05, 3.63) is 35.7 Å². The Morgan fingerprint density at radius 1 is 1.33 bits per heavy atom. The lowest BCUT2D eigenvalue weighted by molar-refractivity contribution is 0.271. The first-order chi connectivity index (χ1) is 9.87. The zero-order chi connectivity index (χ0) is 15.5. The Kier molecular flexibility index (Phi) is 4.74. The molecule has 0 aliphatic carbocycles. The van der Waals surface area contributed by atoms with Crippen LogP contribution in [0.25, 0.3) is 0 Å². The average molecular weight is 326 g/mol. The molecule has 0 atom stereocenters. The highest BCUT2D eigenvalue weighted by Crippen LogP contribution is 2.25. The van der Waals surface area contributed by atoms with Crippen LogP contribution in [0, 0.1) is 5.92 Å². The van der Waals surface area contributed by atoms with Crippen molar-refractivity contribution < 1.29 is 13.2 Å². The summed E-state index contributed by atoms with van der Waals surface area (Å²) < 4.78 is 32.7. The van der Waals surface area contributed by atoms with Gasteiger partial charge in [0.2, 0.25) is 0 Å². The number of rotatable bonds is 6. The summed E-state index contributed by atoms with van der Waals surface area (Å²) in [5.41, 5.74) is 6.46. The summed E-state index contributed by atoms with van der Waals surface area (Å²) in [5, 5.41) is 1.59. The molecule has 114 valence electrons. The van der Waals surface area contributed by atoms with Gasteiger partial charge in [0.05, 0.1) is 12.3 Å². The Morgan fingerprint density at radius 2 is 2.10 bits per heavy atom. The zero-order valence-corrected chi connectivity index (χ0v) is 13.5. The maximum absolute atomic E-state index is 12.2. The summed E-state index contributed by atoms with van der Waals surface area (Å²) in [6.07, 6.45) is 0. The van der Waals surface area contributed by atoms with Crippen molar-refractivity contribution in [2.24, 2.45) is 5.92 Å². The fraction of sp³-hybridized carbons (Fsp3) is 0.286. The van der Waals surface area contributed by atoms with Gasteiger partial charge in [-0.15, -0.1) is 11.3 Å². The number of ether oxygens (including phenoxy) is 1. The molecule has 5 nitrogen and oxygen atoms in total. The van der Waals surface area contributed by atoms with Gasteiger partial charge in [-0.3, -0.25) is 4.72 Å². The SMILES string of the molecule is CC(C)COc1cccc(NS(=O)(=O)c2cc(N)cs2)c1. The zero-order valence-electron chi connectivity index (χ0n) is 11.9. The first-order valence-corrected chi connectivity index (χ1v) is 8.83. The number of hydrogen-bond acceptors (Lipinski definition) is 5. The van der Waals surface area contributed by atoms with E-state index in [4.69, 9.17) is 10.5 Å². The molecule has 2 aromatic rings. The van der Waals surface area contributed by atoms with Crippen molar-refractivity contribution in [3.63, 3.8) is 0 Å². The molecule has 0 radical (unpaired) electrons. The van der Waals surface area contributed by atoms with E-state index in [2.05, 4.69) is 4.72 Å². The predicted octanol–water partition coefficient (Wildman–Crippen LogP) is 3.17. The van der Waals surface area contributed by atoms with Crippen LogP contribution in [-0.4, -0.2) is 15.0 Å². The predicted molar refractivity (Wildman–Crippen MR) is 86.3 cm³/mol. The number of thiophene rings is 1. The highest BCUT2D eigenvalue weighted by molar-refractivity contribution is 7.94. The number of benzene rings is 1. The Balaban J connectivity index is 2.14. The number of nitrogens with two attached hydrogens (primary N) is 1. The molecule has 0 unspecified atom stereocenters. The van der Waals surface area contributed by atoms with Gasteiger partial charge in [-0.05, 0) is 24.1 Å². The molecule has 2 rings (SSSR count). The standard InChI is InChI=1S/C14H18N2O3S2/c1-10(2)8-19-13-5-3-4-12(7-13)16-21(17,18)14-6-11(15)9-20-14/h3-7,9-10,16H,8,15H2,1-2H3. The summed E-state index contributed by atoms with van der Waals surface area (Å²) in [6, 6.07) is 8.32. The molecule has 1 aromatic carbocycles. The number of hydrogen-bond donors (Lipinski definition) is 2. The van der Waals surface area contributed by atoms with E-state index in [1.807, 2.05) is 13.8 Å². The van der Waals surface area contributed by atoms with E-state index in [1.54, 1.807) is 29.6 Å². The first-order valence-electron chi connectivity index (χ1n) is 6.46. The van der Waals surface area contributed by atoms with E-state index in [9.17, 15) is 8.42 Å². The third-order valence-corrected chi connectivity index (χ3v) is 5.37. The van der Waals surface area contributed by atoms with Crippen LogP contribution < -0.4 is 15.2 Å². The average Bonchev–Trinajstić information content (AvgIpc) is 2.84. The van der Waals surface area contributed by atoms with Crippen LogP contribution in [0.5, 0.6) is 5.75 Å². The van der Waals surface area contributed by atoms with Gasteiger partial charge in [-0.2, -0.15) is 0 Å². The summed E-state index contributed by atoms with van der Waals surface area (Å²) in [5.74, 6) is 1.04. The van der Waals surface area contributed by atoms with Gasteiger partial charge in [0.1, 0.15) is 9.96 Å². The molecule has 21 heavy (non-hydrogen) atoms. The van der Waals surface area contributed by atoms with E-state index in [1.165, 1.54) is 6.07 Å². The quantitative estimate of drug-likeness (QED) is 0.854. The van der Waals surface area contributed by atoms with E-state index < -0.39 is 10.0 Å². The van der Waals surface area contributed by atoms with Crippen LogP contribution in [0.1, 0.15) is 13.8 Å². The maximum Gasteiger partial charge on any atom is 0.271 e. The fourth-order valence-corrected chi connectivity index (χ4v) is 3.72. The monoisotopic (exact) mass is 326 g/mol. The molecule has 3 N–H and O–H groups in total. The molecule has 1 heterocycles. The van der Waals surface area contributed by atoms with Gasteiger partial charge in [0.15, 0.2) is 0 Å². The maximum atomic E-state index is 12.2. The molecule has 0 bridgehead atoms. The summed E-state index contributed by atoms with van der Waals surface area (Å²) in [4.78, 5) is 0. The lowest BCUT2D eigenvalue weighted by Gasteiger charge is -2.11. The second-order valence-electron chi connectivity index (χ2n) is 5.04. The highest BCUT2D eigenvalue weighted by Gasteiger charge is 2.16. The van der Waals surface area contributed by atoms with E-state index >= 15 is 0 Å². The minimum absolute atomic E-state index is 0.188. The summed E-state index contributed by atoms with van der Waals surface area (Å²) in [7, 11) is -3.61. The second-order valence-corrected chi connectivity index (χ2v) is 7.86. The Hall–Kier alpha value is -1.73. The molecule has 7 heteroatoms. The van der Waals surface area contributed by atoms with Crippen LogP contribution in [0.15, 0.2) is 39.9 Å². The Labute approximate surface area is 128 Å². The lowest BCUT2D eigenvalue weighted by atomic mass is 10.2. The molecule has 0 aliphatic heterocycles. The summed E-state index contributed by atoms with van der Waals surface area (Å²) >= 11 is 1.09. The van der Waals surface area contributed by atoms with Crippen molar-refractivity contribution in [3.8, 4) is 5.75 Å². The molecular weight excluding hydrogens is 308 g/mol. The Morgan fingerprint density at radius 3 is 2.71 bits per heavy atom.